The molecule has 0 saturated carbocycles. The molecule has 0 heterocycles. The lowest BCUT2D eigenvalue weighted by Gasteiger charge is -2.18. The minimum absolute atomic E-state index is 0.0788. The molecule has 0 aromatic heterocycles. The molecule has 0 aromatic carbocycles. The highest BCUT2D eigenvalue weighted by atomic mass is 16.6. The Kier molecular flexibility index (Phi) is 65.1. The van der Waals surface area contributed by atoms with Crippen molar-refractivity contribution in [3.05, 3.63) is 60.8 Å². The van der Waals surface area contributed by atoms with Crippen LogP contribution in [0.1, 0.15) is 367 Å². The summed E-state index contributed by atoms with van der Waals surface area (Å²) in [6, 6.07) is 0. The molecule has 0 bridgehead atoms. The predicted molar refractivity (Wildman–Crippen MR) is 344 cm³/mol. The van der Waals surface area contributed by atoms with E-state index in [1.807, 2.05) is 0 Å². The molecule has 6 heteroatoms. The van der Waals surface area contributed by atoms with Gasteiger partial charge in [-0.3, -0.25) is 14.4 Å². The fourth-order valence-electron chi connectivity index (χ4n) is 10.2. The monoisotopic (exact) mass is 1110 g/mol. The first-order valence-electron chi connectivity index (χ1n) is 34.8. The average Bonchev–Trinajstić information content (AvgIpc) is 3.45. The number of ether oxygens (including phenoxy) is 3. The summed E-state index contributed by atoms with van der Waals surface area (Å²) in [6.45, 7) is 6.59. The van der Waals surface area contributed by atoms with Crippen molar-refractivity contribution in [1.29, 1.82) is 0 Å². The maximum atomic E-state index is 12.9. The lowest BCUT2D eigenvalue weighted by Crippen LogP contribution is -2.30. The van der Waals surface area contributed by atoms with Crippen molar-refractivity contribution in [1.82, 2.24) is 0 Å². The Morgan fingerprint density at radius 3 is 0.772 bits per heavy atom. The van der Waals surface area contributed by atoms with E-state index >= 15 is 0 Å². The van der Waals surface area contributed by atoms with Gasteiger partial charge in [0.05, 0.1) is 0 Å². The second kappa shape index (κ2) is 67.6. The maximum Gasteiger partial charge on any atom is 0.306 e. The molecule has 0 aliphatic heterocycles. The molecule has 460 valence electrons. The SMILES string of the molecule is CCCC/C=C\C/C=C\CCCCCCCC(=O)OC(COC(=O)CCCCCCC/C=C\CCCCC)COC(=O)CCCCCCCCCCCCCCCCCCCCCCCCC/C=C\C/C=C\CCCCCCC. The number of hydrogen-bond acceptors (Lipinski definition) is 6. The van der Waals surface area contributed by atoms with Gasteiger partial charge in [0, 0.05) is 19.3 Å². The molecule has 0 N–H and O–H groups in total. The lowest BCUT2D eigenvalue weighted by molar-refractivity contribution is -0.167. The third-order valence-corrected chi connectivity index (χ3v) is 15.5. The van der Waals surface area contributed by atoms with Crippen LogP contribution in [0, 0.1) is 0 Å². The molecule has 0 rings (SSSR count). The van der Waals surface area contributed by atoms with E-state index in [4.69, 9.17) is 14.2 Å². The molecule has 0 radical (unpaired) electrons. The summed E-state index contributed by atoms with van der Waals surface area (Å²) in [5, 5.41) is 0. The summed E-state index contributed by atoms with van der Waals surface area (Å²) in [7, 11) is 0. The number of esters is 3. The number of allylic oxidation sites excluding steroid dienone is 10. The average molecular weight is 1110 g/mol. The maximum absolute atomic E-state index is 12.9. The first kappa shape index (κ1) is 76.1. The molecule has 0 amide bonds. The second-order valence-electron chi connectivity index (χ2n) is 23.4. The van der Waals surface area contributed by atoms with Crippen molar-refractivity contribution < 1.29 is 28.6 Å². The normalized spacial score (nSPS) is 12.4. The zero-order valence-corrected chi connectivity index (χ0v) is 52.9. The van der Waals surface area contributed by atoms with Crippen LogP contribution in [0.25, 0.3) is 0 Å². The molecule has 0 aliphatic carbocycles. The lowest BCUT2D eigenvalue weighted by atomic mass is 10.0. The predicted octanol–water partition coefficient (Wildman–Crippen LogP) is 23.9. The third-order valence-electron chi connectivity index (χ3n) is 15.5. The number of rotatable bonds is 64. The van der Waals surface area contributed by atoms with Gasteiger partial charge in [0.2, 0.25) is 0 Å². The number of carbonyl (C=O) groups excluding carboxylic acids is 3. The van der Waals surface area contributed by atoms with Gasteiger partial charge in [-0.2, -0.15) is 0 Å². The molecule has 1 unspecified atom stereocenters. The van der Waals surface area contributed by atoms with E-state index in [0.29, 0.717) is 19.3 Å². The van der Waals surface area contributed by atoms with Crippen molar-refractivity contribution in [2.75, 3.05) is 13.2 Å². The van der Waals surface area contributed by atoms with Crippen LogP contribution in [0.4, 0.5) is 0 Å². The number of carbonyl (C=O) groups is 3. The summed E-state index contributed by atoms with van der Waals surface area (Å²) in [5.41, 5.74) is 0. The number of unbranched alkanes of at least 4 members (excludes halogenated alkanes) is 43. The van der Waals surface area contributed by atoms with Gasteiger partial charge >= 0.3 is 17.9 Å². The van der Waals surface area contributed by atoms with Gasteiger partial charge in [0.25, 0.3) is 0 Å². The van der Waals surface area contributed by atoms with E-state index in [9.17, 15) is 14.4 Å². The van der Waals surface area contributed by atoms with Gasteiger partial charge in [-0.05, 0) is 103 Å². The van der Waals surface area contributed by atoms with E-state index in [2.05, 4.69) is 81.5 Å². The first-order chi connectivity index (χ1) is 39.0. The molecule has 0 saturated heterocycles. The van der Waals surface area contributed by atoms with Gasteiger partial charge < -0.3 is 14.2 Å². The Hall–Kier alpha value is -2.89. The van der Waals surface area contributed by atoms with Gasteiger partial charge in [-0.15, -0.1) is 0 Å². The van der Waals surface area contributed by atoms with Crippen LogP contribution in [0.15, 0.2) is 60.8 Å². The standard InChI is InChI=1S/C73H132O6/c1-4-7-10-13-16-19-22-25-27-28-29-30-31-32-33-34-35-36-37-38-39-40-41-42-43-44-45-46-47-49-51-54-57-60-63-66-72(75)78-69-70(68-77-71(74)65-62-59-56-53-50-24-21-18-15-12-9-6-3)79-73(76)67-64-61-58-55-52-48-26-23-20-17-14-11-8-5-2/h14,17-18,21-23,25-26,28-29,70H,4-13,15-16,19-20,24,27,30-69H2,1-3H3/b17-14-,21-18-,25-22-,26-23-,29-28-. The summed E-state index contributed by atoms with van der Waals surface area (Å²) in [4.78, 5) is 38.2. The quantitative estimate of drug-likeness (QED) is 0.0261. The zero-order chi connectivity index (χ0) is 57.1. The van der Waals surface area contributed by atoms with Crippen molar-refractivity contribution >= 4 is 17.9 Å². The van der Waals surface area contributed by atoms with E-state index < -0.39 is 6.10 Å². The van der Waals surface area contributed by atoms with E-state index in [1.165, 1.54) is 231 Å². The summed E-state index contributed by atoms with van der Waals surface area (Å²) in [6.07, 6.45) is 87.0. The topological polar surface area (TPSA) is 78.9 Å². The van der Waals surface area contributed by atoms with Crippen molar-refractivity contribution in [3.8, 4) is 0 Å². The third kappa shape index (κ3) is 65.8. The van der Waals surface area contributed by atoms with E-state index in [1.54, 1.807) is 0 Å². The smallest absolute Gasteiger partial charge is 0.306 e. The van der Waals surface area contributed by atoms with Crippen LogP contribution in [0.5, 0.6) is 0 Å². The van der Waals surface area contributed by atoms with Crippen molar-refractivity contribution in [2.45, 2.75) is 374 Å². The van der Waals surface area contributed by atoms with Crippen molar-refractivity contribution in [3.63, 3.8) is 0 Å². The fourth-order valence-corrected chi connectivity index (χ4v) is 10.2. The summed E-state index contributed by atoms with van der Waals surface area (Å²) < 4.78 is 16.9. The summed E-state index contributed by atoms with van der Waals surface area (Å²) >= 11 is 0. The van der Waals surface area contributed by atoms with Gasteiger partial charge in [-0.1, -0.05) is 306 Å². The zero-order valence-electron chi connectivity index (χ0n) is 52.9. The number of hydrogen-bond donors (Lipinski definition) is 0. The summed E-state index contributed by atoms with van der Waals surface area (Å²) in [5.74, 6) is -0.885. The van der Waals surface area contributed by atoms with E-state index in [0.717, 1.165) is 96.3 Å². The van der Waals surface area contributed by atoms with Gasteiger partial charge in [-0.25, -0.2) is 0 Å². The van der Waals surface area contributed by atoms with Crippen LogP contribution in [0.3, 0.4) is 0 Å². The Morgan fingerprint density at radius 2 is 0.468 bits per heavy atom. The minimum atomic E-state index is -0.783. The molecule has 6 nitrogen and oxygen atoms in total. The molecule has 0 aliphatic rings. The largest absolute Gasteiger partial charge is 0.462 e. The first-order valence-corrected chi connectivity index (χ1v) is 34.8. The van der Waals surface area contributed by atoms with Crippen LogP contribution >= 0.6 is 0 Å². The van der Waals surface area contributed by atoms with E-state index in [-0.39, 0.29) is 31.1 Å². The van der Waals surface area contributed by atoms with Crippen LogP contribution < -0.4 is 0 Å². The molecule has 79 heavy (non-hydrogen) atoms. The van der Waals surface area contributed by atoms with Crippen LogP contribution in [0.2, 0.25) is 0 Å². The highest BCUT2D eigenvalue weighted by molar-refractivity contribution is 5.71. The van der Waals surface area contributed by atoms with Crippen LogP contribution in [-0.4, -0.2) is 37.2 Å². The molecule has 1 atom stereocenters. The Labute approximate surface area is 491 Å². The van der Waals surface area contributed by atoms with Gasteiger partial charge in [0.1, 0.15) is 13.2 Å². The Bertz CT molecular complexity index is 1410. The minimum Gasteiger partial charge on any atom is -0.462 e. The molecule has 0 fully saturated rings. The fraction of sp³-hybridized carbons (Fsp3) is 0.822. The second-order valence-corrected chi connectivity index (χ2v) is 23.4. The van der Waals surface area contributed by atoms with Crippen LogP contribution in [-0.2, 0) is 28.6 Å². The highest BCUT2D eigenvalue weighted by Crippen LogP contribution is 2.18. The molecular formula is C73H132O6. The molecule has 0 spiro atoms. The molecular weight excluding hydrogens is 973 g/mol. The Balaban J connectivity index is 4.04. The Morgan fingerprint density at radius 1 is 0.253 bits per heavy atom. The highest BCUT2D eigenvalue weighted by Gasteiger charge is 2.19. The van der Waals surface area contributed by atoms with Gasteiger partial charge in [0.15, 0.2) is 6.10 Å². The molecule has 0 aromatic rings. The van der Waals surface area contributed by atoms with Crippen molar-refractivity contribution in [2.24, 2.45) is 0 Å².